The fourth-order valence-electron chi connectivity index (χ4n) is 7.71. The number of likely N-dealkylation sites (tertiary alicyclic amines) is 1. The molecule has 6 aromatic rings. The van der Waals surface area contributed by atoms with E-state index in [0.717, 1.165) is 32.8 Å². The molecule has 16 heteroatoms. The van der Waals surface area contributed by atoms with E-state index in [-0.39, 0.29) is 54.2 Å². The Hall–Kier alpha value is -6.36. The van der Waals surface area contributed by atoms with E-state index in [4.69, 9.17) is 19.7 Å². The Bertz CT molecular complexity index is 2470. The van der Waals surface area contributed by atoms with Gasteiger partial charge in [0.2, 0.25) is 11.8 Å². The molecule has 63 heavy (non-hydrogen) atoms. The normalized spacial score (nSPS) is 16.0. The van der Waals surface area contributed by atoms with Crippen LogP contribution < -0.4 is 20.5 Å². The van der Waals surface area contributed by atoms with Crippen LogP contribution in [0.5, 0.6) is 17.4 Å². The fraction of sp³-hybridized carbons (Fsp3) is 0.362. The van der Waals surface area contributed by atoms with Crippen molar-refractivity contribution in [3.63, 3.8) is 0 Å². The highest BCUT2D eigenvalue weighted by Crippen LogP contribution is 2.34. The lowest BCUT2D eigenvalue weighted by Crippen LogP contribution is -2.48. The molecule has 4 atom stereocenters. The van der Waals surface area contributed by atoms with Gasteiger partial charge in [-0.1, -0.05) is 74.5 Å². The molecule has 3 aromatic heterocycles. The summed E-state index contributed by atoms with van der Waals surface area (Å²) < 4.78 is 17.6. The molecule has 3 aromatic carbocycles. The number of benzene rings is 3. The van der Waals surface area contributed by atoms with Gasteiger partial charge < -0.3 is 40.2 Å². The number of carbonyl (C=O) groups is 2. The first-order valence-corrected chi connectivity index (χ1v) is 21.9. The number of likely N-dealkylation sites (N-methyl/N-ethyl adjacent to an activating group) is 1. The number of ether oxygens (including phenoxy) is 2. The van der Waals surface area contributed by atoms with E-state index in [1.165, 1.54) is 4.90 Å². The Kier molecular flexibility index (Phi) is 14.3. The summed E-state index contributed by atoms with van der Waals surface area (Å²) in [6.45, 7) is 9.76. The van der Waals surface area contributed by atoms with Gasteiger partial charge in [0.05, 0.1) is 34.8 Å². The van der Waals surface area contributed by atoms with Gasteiger partial charge in [0, 0.05) is 50.2 Å². The van der Waals surface area contributed by atoms with E-state index in [9.17, 15) is 19.8 Å². The second-order valence-corrected chi connectivity index (χ2v) is 17.2. The lowest BCUT2D eigenvalue weighted by atomic mass is 9.91. The molecule has 0 saturated carbocycles. The van der Waals surface area contributed by atoms with Gasteiger partial charge in [0.25, 0.3) is 5.88 Å². The number of aliphatic hydroxyl groups is 1. The lowest BCUT2D eigenvalue weighted by molar-refractivity contribution is -0.141. The maximum atomic E-state index is 14.1. The van der Waals surface area contributed by atoms with Gasteiger partial charge in [-0.15, -0.1) is 21.5 Å². The van der Waals surface area contributed by atoms with Crippen molar-refractivity contribution in [3.8, 4) is 39.1 Å². The molecule has 330 valence electrons. The summed E-state index contributed by atoms with van der Waals surface area (Å²) in [7, 11) is 2.00. The van der Waals surface area contributed by atoms with Crippen LogP contribution in [-0.2, 0) is 22.6 Å². The average molecular weight is 875 g/mol. The highest BCUT2D eigenvalue weighted by Gasteiger charge is 2.43. The third-order valence-electron chi connectivity index (χ3n) is 11.2. The minimum Gasteiger partial charge on any atom is -0.507 e. The number of anilines is 1. The van der Waals surface area contributed by atoms with Gasteiger partial charge in [-0.25, -0.2) is 4.98 Å². The first kappa shape index (κ1) is 44.7. The van der Waals surface area contributed by atoms with Crippen molar-refractivity contribution < 1.29 is 33.8 Å². The summed E-state index contributed by atoms with van der Waals surface area (Å²) in [6, 6.07) is 25.4. The molecule has 0 spiro atoms. The van der Waals surface area contributed by atoms with Gasteiger partial charge in [-0.05, 0) is 66.4 Å². The zero-order valence-corrected chi connectivity index (χ0v) is 36.9. The third-order valence-corrected chi connectivity index (χ3v) is 12.2. The van der Waals surface area contributed by atoms with Crippen molar-refractivity contribution in [1.29, 1.82) is 0 Å². The molecular formula is C47H54N8O7S. The number of phenolic OH excluding ortho intramolecular Hbond substituents is 1. The Balaban J connectivity index is 0.870. The number of phenols is 1. The van der Waals surface area contributed by atoms with E-state index in [1.54, 1.807) is 41.7 Å². The molecule has 7 rings (SSSR count). The van der Waals surface area contributed by atoms with E-state index in [1.807, 2.05) is 70.6 Å². The summed E-state index contributed by atoms with van der Waals surface area (Å²) in [5.74, 6) is -0.267. The minimum absolute atomic E-state index is 0.0435. The van der Waals surface area contributed by atoms with Gasteiger partial charge in [-0.2, -0.15) is 0 Å². The van der Waals surface area contributed by atoms with Crippen molar-refractivity contribution in [1.82, 2.24) is 35.5 Å². The Morgan fingerprint density at radius 3 is 2.46 bits per heavy atom. The SMILES string of the molecule is Cc1ncsc1-c1ccc([C@H](C)NC(=O)[C@@H]2C[C@@H](O)CN2C(=O)[C@@H](c2cc(OCCN(C)Cc3ccc(CCOc4cc(-c5ccccc5O)nnc4N)cc3)no2)C(C)C)cc1. The van der Waals surface area contributed by atoms with Crippen LogP contribution in [0.2, 0.25) is 0 Å². The quantitative estimate of drug-likeness (QED) is 0.0724. The molecule has 0 aliphatic carbocycles. The first-order chi connectivity index (χ1) is 30.3. The number of para-hydroxylation sites is 1. The number of nitrogens with one attached hydrogen (secondary N) is 1. The summed E-state index contributed by atoms with van der Waals surface area (Å²) in [5, 5.41) is 36.1. The molecular weight excluding hydrogens is 821 g/mol. The largest absolute Gasteiger partial charge is 0.507 e. The molecule has 1 fully saturated rings. The lowest BCUT2D eigenvalue weighted by Gasteiger charge is -2.29. The number of thiazole rings is 1. The minimum atomic E-state index is -0.836. The molecule has 2 amide bonds. The molecule has 1 aliphatic rings. The number of β-amino-alcohol motifs (C(OH)–C–C–N with tert-alkyl or cyclic N) is 1. The molecule has 15 nitrogen and oxygen atoms in total. The van der Waals surface area contributed by atoms with Crippen molar-refractivity contribution in [3.05, 3.63) is 119 Å². The molecule has 0 bridgehead atoms. The number of hydrogen-bond acceptors (Lipinski definition) is 14. The van der Waals surface area contributed by atoms with Crippen LogP contribution in [0, 0.1) is 12.8 Å². The molecule has 4 heterocycles. The highest BCUT2D eigenvalue weighted by molar-refractivity contribution is 7.13. The van der Waals surface area contributed by atoms with Gasteiger partial charge >= 0.3 is 0 Å². The maximum Gasteiger partial charge on any atom is 0.254 e. The summed E-state index contributed by atoms with van der Waals surface area (Å²) in [5.41, 5.74) is 14.0. The van der Waals surface area contributed by atoms with Crippen LogP contribution in [0.1, 0.15) is 67.3 Å². The van der Waals surface area contributed by atoms with E-state index in [0.29, 0.717) is 55.5 Å². The summed E-state index contributed by atoms with van der Waals surface area (Å²) in [4.78, 5) is 36.9. The van der Waals surface area contributed by atoms with E-state index in [2.05, 4.69) is 54.8 Å². The molecule has 1 saturated heterocycles. The van der Waals surface area contributed by atoms with E-state index < -0.39 is 18.1 Å². The second-order valence-electron chi connectivity index (χ2n) is 16.3. The van der Waals surface area contributed by atoms with Crippen molar-refractivity contribution >= 4 is 29.0 Å². The highest BCUT2D eigenvalue weighted by atomic mass is 32.1. The number of carbonyl (C=O) groups excluding carboxylic acids is 2. The predicted octanol–water partition coefficient (Wildman–Crippen LogP) is 6.56. The average Bonchev–Trinajstić information content (AvgIpc) is 4.02. The van der Waals surface area contributed by atoms with Crippen LogP contribution in [0.3, 0.4) is 0 Å². The topological polar surface area (TPSA) is 202 Å². The summed E-state index contributed by atoms with van der Waals surface area (Å²) >= 11 is 1.59. The smallest absolute Gasteiger partial charge is 0.254 e. The Labute approximate surface area is 370 Å². The number of aliphatic hydroxyl groups excluding tert-OH is 1. The number of nitrogen functional groups attached to an aromatic ring is 1. The van der Waals surface area contributed by atoms with Gasteiger partial charge in [-0.3, -0.25) is 14.5 Å². The summed E-state index contributed by atoms with van der Waals surface area (Å²) in [6.07, 6.45) is -0.0377. The fourth-order valence-corrected chi connectivity index (χ4v) is 8.52. The van der Waals surface area contributed by atoms with Crippen molar-refractivity contribution in [2.45, 2.75) is 71.2 Å². The number of nitrogens with two attached hydrogens (primary N) is 1. The number of aromatic nitrogens is 4. The van der Waals surface area contributed by atoms with Crippen molar-refractivity contribution in [2.24, 2.45) is 5.92 Å². The van der Waals surface area contributed by atoms with Crippen LogP contribution in [0.4, 0.5) is 5.82 Å². The third kappa shape index (κ3) is 11.0. The Morgan fingerprint density at radius 2 is 1.75 bits per heavy atom. The standard InChI is InChI=1S/C47H54N8O7S/c1-28(2)43(47(59)55-26-35(56)22-38(55)46(58)50-29(3)33-14-16-34(17-15-33)44-30(4)49-27-63-44)40-24-42(53-62-40)61-21-19-54(5)25-32-12-10-31(11-13-32)18-20-60-41-23-37(51-52-45(41)48)36-8-6-7-9-39(36)57/h6-17,23-24,27-29,35,38,43,56-57H,18-22,25-26H2,1-5H3,(H2,48,52)(H,50,58)/t29-,35+,38-,43+/m0/s1. The number of nitrogens with zero attached hydrogens (tertiary/aromatic N) is 6. The van der Waals surface area contributed by atoms with Gasteiger partial charge in [0.1, 0.15) is 30.0 Å². The number of aryl methyl sites for hydroxylation is 1. The first-order valence-electron chi connectivity index (χ1n) is 21.0. The van der Waals surface area contributed by atoms with Crippen LogP contribution in [-0.4, -0.2) is 97.7 Å². The molecule has 0 radical (unpaired) electrons. The zero-order valence-electron chi connectivity index (χ0n) is 36.1. The van der Waals surface area contributed by atoms with Crippen LogP contribution >= 0.6 is 11.3 Å². The molecule has 5 N–H and O–H groups in total. The number of aromatic hydroxyl groups is 1. The molecule has 1 aliphatic heterocycles. The molecule has 0 unspecified atom stereocenters. The van der Waals surface area contributed by atoms with Crippen LogP contribution in [0.25, 0.3) is 21.7 Å². The maximum absolute atomic E-state index is 14.1. The predicted molar refractivity (Wildman–Crippen MR) is 240 cm³/mol. The number of hydrogen-bond donors (Lipinski definition) is 4. The zero-order chi connectivity index (χ0) is 44.6. The Morgan fingerprint density at radius 1 is 1.00 bits per heavy atom. The van der Waals surface area contributed by atoms with Crippen molar-refractivity contribution in [2.75, 3.05) is 39.1 Å². The number of amides is 2. The monoisotopic (exact) mass is 874 g/mol. The van der Waals surface area contributed by atoms with Crippen LogP contribution in [0.15, 0.2) is 95.0 Å². The van der Waals surface area contributed by atoms with Gasteiger partial charge in [0.15, 0.2) is 17.3 Å². The van der Waals surface area contributed by atoms with E-state index >= 15 is 0 Å². The second kappa shape index (κ2) is 20.2. The number of rotatable bonds is 18.